The standard InChI is InChI=1S/C23H19Cl3N4O5/c1-12(2)21(28-22(31)16-6-3-13(24)9-18(16)26)23(32)29-27-11-15-5-8-20(35-15)17-7-4-14(25)10-19(17)30(33)34/h3-12,21H,1-2H3,(H,28,31)(H,29,32)/b27-11-. The van der Waals surface area contributed by atoms with Gasteiger partial charge in [-0.1, -0.05) is 48.7 Å². The number of furan rings is 1. The third-order valence-corrected chi connectivity index (χ3v) is 5.61. The molecule has 0 saturated carbocycles. The van der Waals surface area contributed by atoms with Gasteiger partial charge in [-0.2, -0.15) is 5.10 Å². The van der Waals surface area contributed by atoms with E-state index in [2.05, 4.69) is 15.8 Å². The van der Waals surface area contributed by atoms with E-state index >= 15 is 0 Å². The van der Waals surface area contributed by atoms with Crippen molar-refractivity contribution in [3.63, 3.8) is 0 Å². The predicted octanol–water partition coefficient (Wildman–Crippen LogP) is 5.72. The first-order valence-electron chi connectivity index (χ1n) is 10.2. The van der Waals surface area contributed by atoms with Crippen molar-refractivity contribution in [2.24, 2.45) is 11.0 Å². The van der Waals surface area contributed by atoms with Crippen LogP contribution in [-0.2, 0) is 4.79 Å². The number of nitro benzene ring substituents is 1. The summed E-state index contributed by atoms with van der Waals surface area (Å²) in [6.07, 6.45) is 1.23. The number of nitrogens with zero attached hydrogens (tertiary/aromatic N) is 2. The summed E-state index contributed by atoms with van der Waals surface area (Å²) in [5.41, 5.74) is 2.57. The molecule has 12 heteroatoms. The Hall–Kier alpha value is -3.40. The molecule has 0 aliphatic rings. The Morgan fingerprint density at radius 1 is 1.06 bits per heavy atom. The smallest absolute Gasteiger partial charge is 0.281 e. The van der Waals surface area contributed by atoms with Gasteiger partial charge < -0.3 is 9.73 Å². The largest absolute Gasteiger partial charge is 0.455 e. The van der Waals surface area contributed by atoms with Crippen LogP contribution in [0.5, 0.6) is 0 Å². The molecule has 0 bridgehead atoms. The molecule has 2 N–H and O–H groups in total. The average Bonchev–Trinajstić information content (AvgIpc) is 3.25. The number of benzene rings is 2. The molecule has 1 aromatic heterocycles. The first kappa shape index (κ1) is 26.2. The molecule has 3 aromatic rings. The topological polar surface area (TPSA) is 127 Å². The van der Waals surface area contributed by atoms with Crippen LogP contribution in [-0.4, -0.2) is 29.0 Å². The van der Waals surface area contributed by atoms with Crippen LogP contribution in [0.1, 0.15) is 30.0 Å². The van der Waals surface area contributed by atoms with Crippen molar-refractivity contribution in [3.8, 4) is 11.3 Å². The van der Waals surface area contributed by atoms with Crippen molar-refractivity contribution < 1.29 is 18.9 Å². The number of hydrogen-bond donors (Lipinski definition) is 2. The molecule has 3 rings (SSSR count). The Morgan fingerprint density at radius 3 is 2.40 bits per heavy atom. The van der Waals surface area contributed by atoms with Gasteiger partial charge in [0.05, 0.1) is 27.3 Å². The number of nitro groups is 1. The van der Waals surface area contributed by atoms with E-state index in [4.69, 9.17) is 39.2 Å². The Kier molecular flexibility index (Phi) is 8.50. The lowest BCUT2D eigenvalue weighted by Gasteiger charge is -2.20. The molecule has 9 nitrogen and oxygen atoms in total. The second-order valence-corrected chi connectivity index (χ2v) is 8.95. The number of carbonyl (C=O) groups is 2. The fraction of sp³-hybridized carbons (Fsp3) is 0.174. The molecule has 1 heterocycles. The molecule has 35 heavy (non-hydrogen) atoms. The monoisotopic (exact) mass is 536 g/mol. The van der Waals surface area contributed by atoms with Crippen molar-refractivity contribution in [3.05, 3.63) is 85.0 Å². The molecule has 0 aliphatic carbocycles. The molecular formula is C23H19Cl3N4O5. The molecule has 1 unspecified atom stereocenters. The Balaban J connectivity index is 1.68. The van der Waals surface area contributed by atoms with Gasteiger partial charge >= 0.3 is 0 Å². The average molecular weight is 538 g/mol. The maximum Gasteiger partial charge on any atom is 0.281 e. The number of carbonyl (C=O) groups excluding carboxylic acids is 2. The zero-order valence-electron chi connectivity index (χ0n) is 18.4. The summed E-state index contributed by atoms with van der Waals surface area (Å²) in [4.78, 5) is 36.0. The van der Waals surface area contributed by atoms with Crippen LogP contribution in [0.2, 0.25) is 15.1 Å². The van der Waals surface area contributed by atoms with E-state index in [1.54, 1.807) is 13.8 Å². The summed E-state index contributed by atoms with van der Waals surface area (Å²) in [6.45, 7) is 3.52. The first-order valence-corrected chi connectivity index (χ1v) is 11.3. The maximum atomic E-state index is 12.6. The molecule has 0 radical (unpaired) electrons. The summed E-state index contributed by atoms with van der Waals surface area (Å²) in [7, 11) is 0. The molecule has 0 aliphatic heterocycles. The van der Waals surface area contributed by atoms with E-state index in [1.807, 2.05) is 0 Å². The molecule has 0 saturated heterocycles. The first-order chi connectivity index (χ1) is 16.6. The molecular weight excluding hydrogens is 519 g/mol. The van der Waals surface area contributed by atoms with E-state index in [0.717, 1.165) is 0 Å². The summed E-state index contributed by atoms with van der Waals surface area (Å²) >= 11 is 17.8. The van der Waals surface area contributed by atoms with Gasteiger partial charge in [-0.15, -0.1) is 0 Å². The summed E-state index contributed by atoms with van der Waals surface area (Å²) in [5, 5.41) is 18.6. The molecule has 182 valence electrons. The molecule has 0 spiro atoms. The summed E-state index contributed by atoms with van der Waals surface area (Å²) in [5.74, 6) is -0.892. The van der Waals surface area contributed by atoms with Crippen molar-refractivity contribution in [1.82, 2.24) is 10.7 Å². The molecule has 2 amide bonds. The third-order valence-electron chi connectivity index (χ3n) is 4.83. The Bertz CT molecular complexity index is 1310. The number of halogens is 3. The number of rotatable bonds is 8. The highest BCUT2D eigenvalue weighted by molar-refractivity contribution is 6.36. The Labute approximate surface area is 215 Å². The van der Waals surface area contributed by atoms with E-state index in [0.29, 0.717) is 5.02 Å². The van der Waals surface area contributed by atoms with Gasteiger partial charge in [-0.05, 0) is 48.4 Å². The highest BCUT2D eigenvalue weighted by atomic mass is 35.5. The summed E-state index contributed by atoms with van der Waals surface area (Å²) in [6, 6.07) is 10.8. The van der Waals surface area contributed by atoms with Gasteiger partial charge in [0.25, 0.3) is 17.5 Å². The number of hydrazone groups is 1. The Morgan fingerprint density at radius 2 is 1.74 bits per heavy atom. The summed E-state index contributed by atoms with van der Waals surface area (Å²) < 4.78 is 5.59. The minimum Gasteiger partial charge on any atom is -0.455 e. The van der Waals surface area contributed by atoms with Gasteiger partial charge in [0.15, 0.2) is 0 Å². The van der Waals surface area contributed by atoms with E-state index < -0.39 is 22.8 Å². The lowest BCUT2D eigenvalue weighted by Crippen LogP contribution is -2.48. The van der Waals surface area contributed by atoms with Crippen LogP contribution >= 0.6 is 34.8 Å². The van der Waals surface area contributed by atoms with Crippen LogP contribution < -0.4 is 10.7 Å². The van der Waals surface area contributed by atoms with Gasteiger partial charge in [-0.25, -0.2) is 5.43 Å². The minimum atomic E-state index is -0.907. The highest BCUT2D eigenvalue weighted by Crippen LogP contribution is 2.33. The predicted molar refractivity (Wildman–Crippen MR) is 134 cm³/mol. The zero-order chi connectivity index (χ0) is 25.7. The SMILES string of the molecule is CC(C)C(NC(=O)c1ccc(Cl)cc1Cl)C(=O)N/N=C\c1ccc(-c2ccc(Cl)cc2[N+](=O)[O-])o1. The van der Waals surface area contributed by atoms with E-state index in [1.165, 1.54) is 54.7 Å². The normalized spacial score (nSPS) is 12.1. The van der Waals surface area contributed by atoms with Gasteiger partial charge in [0.2, 0.25) is 0 Å². The van der Waals surface area contributed by atoms with Crippen LogP contribution in [0.25, 0.3) is 11.3 Å². The quantitative estimate of drug-likeness (QED) is 0.216. The lowest BCUT2D eigenvalue weighted by atomic mass is 10.0. The zero-order valence-corrected chi connectivity index (χ0v) is 20.7. The third kappa shape index (κ3) is 6.60. The number of amides is 2. The number of hydrogen-bond acceptors (Lipinski definition) is 6. The fourth-order valence-corrected chi connectivity index (χ4v) is 3.75. The second kappa shape index (κ2) is 11.4. The van der Waals surface area contributed by atoms with E-state index in [9.17, 15) is 19.7 Å². The molecule has 0 fully saturated rings. The lowest BCUT2D eigenvalue weighted by molar-refractivity contribution is -0.384. The minimum absolute atomic E-state index is 0.158. The fourth-order valence-electron chi connectivity index (χ4n) is 3.09. The highest BCUT2D eigenvalue weighted by Gasteiger charge is 2.25. The van der Waals surface area contributed by atoms with Gasteiger partial charge in [0.1, 0.15) is 17.6 Å². The van der Waals surface area contributed by atoms with Crippen molar-refractivity contribution in [2.45, 2.75) is 19.9 Å². The number of nitrogens with one attached hydrogen (secondary N) is 2. The molecule has 1 atom stereocenters. The van der Waals surface area contributed by atoms with E-state index in [-0.39, 0.29) is 44.3 Å². The van der Waals surface area contributed by atoms with Crippen LogP contribution in [0, 0.1) is 16.0 Å². The van der Waals surface area contributed by atoms with Gasteiger partial charge in [-0.3, -0.25) is 19.7 Å². The van der Waals surface area contributed by atoms with Crippen LogP contribution in [0.3, 0.4) is 0 Å². The van der Waals surface area contributed by atoms with Crippen LogP contribution in [0.4, 0.5) is 5.69 Å². The maximum absolute atomic E-state index is 12.6. The van der Waals surface area contributed by atoms with Crippen molar-refractivity contribution in [1.29, 1.82) is 0 Å². The van der Waals surface area contributed by atoms with Crippen molar-refractivity contribution >= 4 is 58.5 Å². The van der Waals surface area contributed by atoms with Crippen LogP contribution in [0.15, 0.2) is 58.0 Å². The molecule has 2 aromatic carbocycles. The van der Waals surface area contributed by atoms with Crippen molar-refractivity contribution in [2.75, 3.05) is 0 Å². The van der Waals surface area contributed by atoms with Gasteiger partial charge in [0, 0.05) is 16.1 Å². The second-order valence-electron chi connectivity index (χ2n) is 7.67.